The summed E-state index contributed by atoms with van der Waals surface area (Å²) in [5.74, 6) is 0.418. The van der Waals surface area contributed by atoms with Crippen LogP contribution in [0.4, 0.5) is 0 Å². The number of fused-ring (bicyclic) bond motifs is 1. The molecule has 1 atom stereocenters. The zero-order chi connectivity index (χ0) is 14.5. The third kappa shape index (κ3) is 3.20. The number of rotatable bonds is 3. The molecule has 0 bridgehead atoms. The molecule has 108 valence electrons. The summed E-state index contributed by atoms with van der Waals surface area (Å²) in [4.78, 5) is 23.5. The van der Waals surface area contributed by atoms with Crippen molar-refractivity contribution in [1.82, 2.24) is 10.9 Å². The van der Waals surface area contributed by atoms with Gasteiger partial charge in [0, 0.05) is 11.5 Å². The SMILES string of the molecule is CCC(C)C(=O)NNC(=O)c1ccc2c(c1)OCCO2. The van der Waals surface area contributed by atoms with Crippen LogP contribution < -0.4 is 20.3 Å². The molecule has 1 aromatic rings. The van der Waals surface area contributed by atoms with Crippen molar-refractivity contribution in [3.05, 3.63) is 23.8 Å². The van der Waals surface area contributed by atoms with Gasteiger partial charge in [-0.15, -0.1) is 0 Å². The summed E-state index contributed by atoms with van der Waals surface area (Å²) in [6, 6.07) is 4.90. The summed E-state index contributed by atoms with van der Waals surface area (Å²) < 4.78 is 10.8. The molecule has 0 radical (unpaired) electrons. The van der Waals surface area contributed by atoms with Crippen molar-refractivity contribution < 1.29 is 19.1 Å². The molecule has 1 unspecified atom stereocenters. The predicted octanol–water partition coefficient (Wildman–Crippen LogP) is 1.26. The van der Waals surface area contributed by atoms with Crippen LogP contribution in [0.3, 0.4) is 0 Å². The lowest BCUT2D eigenvalue weighted by Gasteiger charge is -2.18. The number of amides is 2. The van der Waals surface area contributed by atoms with Crippen molar-refractivity contribution in [2.45, 2.75) is 20.3 Å². The number of ether oxygens (including phenoxy) is 2. The highest BCUT2D eigenvalue weighted by atomic mass is 16.6. The van der Waals surface area contributed by atoms with Crippen molar-refractivity contribution in [2.24, 2.45) is 5.92 Å². The molecule has 0 saturated carbocycles. The van der Waals surface area contributed by atoms with Gasteiger partial charge in [-0.1, -0.05) is 13.8 Å². The van der Waals surface area contributed by atoms with E-state index in [2.05, 4.69) is 10.9 Å². The monoisotopic (exact) mass is 278 g/mol. The fourth-order valence-corrected chi connectivity index (χ4v) is 1.68. The Labute approximate surface area is 117 Å². The smallest absolute Gasteiger partial charge is 0.269 e. The van der Waals surface area contributed by atoms with Crippen molar-refractivity contribution in [1.29, 1.82) is 0 Å². The van der Waals surface area contributed by atoms with E-state index in [1.165, 1.54) is 0 Å². The van der Waals surface area contributed by atoms with Crippen LogP contribution in [0.25, 0.3) is 0 Å². The number of carbonyl (C=O) groups is 2. The van der Waals surface area contributed by atoms with E-state index in [0.717, 1.165) is 0 Å². The van der Waals surface area contributed by atoms with E-state index in [1.807, 2.05) is 6.92 Å². The summed E-state index contributed by atoms with van der Waals surface area (Å²) in [5.41, 5.74) is 5.19. The first-order valence-corrected chi connectivity index (χ1v) is 6.61. The Balaban J connectivity index is 1.97. The van der Waals surface area contributed by atoms with Gasteiger partial charge in [-0.3, -0.25) is 20.4 Å². The van der Waals surface area contributed by atoms with Gasteiger partial charge in [0.05, 0.1) is 0 Å². The minimum atomic E-state index is -0.390. The molecule has 2 rings (SSSR count). The molecule has 2 amide bonds. The molecule has 2 N–H and O–H groups in total. The van der Waals surface area contributed by atoms with Crippen molar-refractivity contribution >= 4 is 11.8 Å². The van der Waals surface area contributed by atoms with Crippen LogP contribution in [0.15, 0.2) is 18.2 Å². The molecule has 1 aliphatic rings. The van der Waals surface area contributed by atoms with E-state index < -0.39 is 5.91 Å². The van der Waals surface area contributed by atoms with E-state index in [9.17, 15) is 9.59 Å². The van der Waals surface area contributed by atoms with Crippen molar-refractivity contribution in [3.8, 4) is 11.5 Å². The van der Waals surface area contributed by atoms with Gasteiger partial charge in [-0.25, -0.2) is 0 Å². The molecule has 0 fully saturated rings. The average Bonchev–Trinajstić information content (AvgIpc) is 2.50. The Morgan fingerprint density at radius 3 is 2.60 bits per heavy atom. The second-order valence-corrected chi connectivity index (χ2v) is 4.61. The van der Waals surface area contributed by atoms with Gasteiger partial charge in [0.25, 0.3) is 5.91 Å². The number of nitrogens with one attached hydrogen (secondary N) is 2. The lowest BCUT2D eigenvalue weighted by molar-refractivity contribution is -0.125. The number of hydrogen-bond acceptors (Lipinski definition) is 4. The Hall–Kier alpha value is -2.24. The highest BCUT2D eigenvalue weighted by Crippen LogP contribution is 2.30. The van der Waals surface area contributed by atoms with Crippen LogP contribution in [0.5, 0.6) is 11.5 Å². The summed E-state index contributed by atoms with van der Waals surface area (Å²) in [7, 11) is 0. The fraction of sp³-hybridized carbons (Fsp3) is 0.429. The molecular weight excluding hydrogens is 260 g/mol. The van der Waals surface area contributed by atoms with Crippen molar-refractivity contribution in [2.75, 3.05) is 13.2 Å². The first kappa shape index (κ1) is 14.2. The van der Waals surface area contributed by atoms with E-state index in [-0.39, 0.29) is 11.8 Å². The Bertz CT molecular complexity index is 516. The molecule has 6 heteroatoms. The minimum Gasteiger partial charge on any atom is -0.486 e. The van der Waals surface area contributed by atoms with Gasteiger partial charge in [0.2, 0.25) is 5.91 Å². The quantitative estimate of drug-likeness (QED) is 0.816. The molecule has 0 aliphatic carbocycles. The second-order valence-electron chi connectivity index (χ2n) is 4.61. The summed E-state index contributed by atoms with van der Waals surface area (Å²) in [6.45, 7) is 4.67. The highest BCUT2D eigenvalue weighted by molar-refractivity contribution is 5.96. The maximum Gasteiger partial charge on any atom is 0.269 e. The zero-order valence-electron chi connectivity index (χ0n) is 11.6. The molecule has 1 heterocycles. The molecule has 0 saturated heterocycles. The van der Waals surface area contributed by atoms with Crippen LogP contribution in [0.2, 0.25) is 0 Å². The lowest BCUT2D eigenvalue weighted by Crippen LogP contribution is -2.43. The van der Waals surface area contributed by atoms with Crippen LogP contribution in [0.1, 0.15) is 30.6 Å². The molecule has 0 aromatic heterocycles. The van der Waals surface area contributed by atoms with Gasteiger partial charge in [0.15, 0.2) is 11.5 Å². The van der Waals surface area contributed by atoms with Gasteiger partial charge in [0.1, 0.15) is 13.2 Å². The van der Waals surface area contributed by atoms with Gasteiger partial charge >= 0.3 is 0 Å². The van der Waals surface area contributed by atoms with Gasteiger partial charge in [-0.05, 0) is 24.6 Å². The minimum absolute atomic E-state index is 0.143. The molecule has 0 spiro atoms. The van der Waals surface area contributed by atoms with E-state index in [1.54, 1.807) is 25.1 Å². The second kappa shape index (κ2) is 6.27. The number of hydrazine groups is 1. The van der Waals surface area contributed by atoms with Crippen molar-refractivity contribution in [3.63, 3.8) is 0 Å². The van der Waals surface area contributed by atoms with E-state index in [0.29, 0.717) is 36.7 Å². The van der Waals surface area contributed by atoms with E-state index in [4.69, 9.17) is 9.47 Å². The number of benzene rings is 1. The Morgan fingerprint density at radius 2 is 1.90 bits per heavy atom. The largest absolute Gasteiger partial charge is 0.486 e. The standard InChI is InChI=1S/C14H18N2O4/c1-3-9(2)13(17)15-16-14(18)10-4-5-11-12(8-10)20-7-6-19-11/h4-5,8-9H,3,6-7H2,1-2H3,(H,15,17)(H,16,18). The van der Waals surface area contributed by atoms with Crippen LogP contribution in [-0.4, -0.2) is 25.0 Å². The topological polar surface area (TPSA) is 76.7 Å². The predicted molar refractivity (Wildman–Crippen MR) is 72.5 cm³/mol. The average molecular weight is 278 g/mol. The maximum absolute atomic E-state index is 11.9. The van der Waals surface area contributed by atoms with Gasteiger partial charge in [-0.2, -0.15) is 0 Å². The van der Waals surface area contributed by atoms with Crippen LogP contribution in [-0.2, 0) is 4.79 Å². The number of carbonyl (C=O) groups excluding carboxylic acids is 2. The first-order chi connectivity index (χ1) is 9.61. The first-order valence-electron chi connectivity index (χ1n) is 6.61. The molecule has 6 nitrogen and oxygen atoms in total. The molecule has 1 aliphatic heterocycles. The lowest BCUT2D eigenvalue weighted by atomic mass is 10.1. The highest BCUT2D eigenvalue weighted by Gasteiger charge is 2.16. The molecule has 20 heavy (non-hydrogen) atoms. The van der Waals surface area contributed by atoms with Crippen LogP contribution in [0, 0.1) is 5.92 Å². The zero-order valence-corrected chi connectivity index (χ0v) is 11.6. The summed E-state index contributed by atoms with van der Waals surface area (Å²) in [6.07, 6.45) is 0.714. The Kier molecular flexibility index (Phi) is 4.45. The van der Waals surface area contributed by atoms with E-state index >= 15 is 0 Å². The summed E-state index contributed by atoms with van der Waals surface area (Å²) >= 11 is 0. The Morgan fingerprint density at radius 1 is 1.20 bits per heavy atom. The van der Waals surface area contributed by atoms with Gasteiger partial charge < -0.3 is 9.47 Å². The van der Waals surface area contributed by atoms with Crippen LogP contribution >= 0.6 is 0 Å². The third-order valence-corrected chi connectivity index (χ3v) is 3.16. The molecular formula is C14H18N2O4. The summed E-state index contributed by atoms with van der Waals surface area (Å²) in [5, 5.41) is 0. The third-order valence-electron chi connectivity index (χ3n) is 3.16. The normalized spacial score (nSPS) is 14.3. The maximum atomic E-state index is 11.9. The molecule has 1 aromatic carbocycles. The number of hydrogen-bond donors (Lipinski definition) is 2. The fourth-order valence-electron chi connectivity index (χ4n) is 1.68.